The van der Waals surface area contributed by atoms with Crippen molar-refractivity contribution in [3.63, 3.8) is 0 Å². The van der Waals surface area contributed by atoms with Gasteiger partial charge in [0.1, 0.15) is 5.52 Å². The maximum absolute atomic E-state index is 10.9. The van der Waals surface area contributed by atoms with Gasteiger partial charge in [-0.1, -0.05) is 0 Å². The number of carboxylic acid groups (broad SMARTS) is 1. The quantitative estimate of drug-likeness (QED) is 0.917. The van der Waals surface area contributed by atoms with Crippen LogP contribution in [0.4, 0.5) is 5.69 Å². The molecule has 0 saturated carbocycles. The molecule has 1 aromatic heterocycles. The van der Waals surface area contributed by atoms with Gasteiger partial charge in [0.2, 0.25) is 0 Å². The summed E-state index contributed by atoms with van der Waals surface area (Å²) in [6.07, 6.45) is 0.0664. The van der Waals surface area contributed by atoms with Gasteiger partial charge in [-0.2, -0.15) is 0 Å². The van der Waals surface area contributed by atoms with Crippen LogP contribution in [0.3, 0.4) is 0 Å². The van der Waals surface area contributed by atoms with E-state index in [0.29, 0.717) is 11.5 Å². The minimum atomic E-state index is -0.812. The van der Waals surface area contributed by atoms with Gasteiger partial charge in [-0.05, 0) is 26.0 Å². The monoisotopic (exact) mass is 262 g/mol. The Morgan fingerprint density at radius 1 is 1.47 bits per heavy atom. The molecule has 0 unspecified atom stereocenters. The number of hydrogen-bond donors (Lipinski definition) is 1. The van der Waals surface area contributed by atoms with Crippen molar-refractivity contribution in [2.75, 3.05) is 11.9 Å². The number of benzene rings is 1. The molecule has 19 heavy (non-hydrogen) atoms. The second kappa shape index (κ2) is 4.57. The van der Waals surface area contributed by atoms with Gasteiger partial charge in [0.05, 0.1) is 6.42 Å². The third kappa shape index (κ3) is 2.70. The zero-order valence-corrected chi connectivity index (χ0v) is 11.6. The number of carbonyl (C=O) groups is 1. The van der Waals surface area contributed by atoms with Crippen molar-refractivity contribution in [3.05, 3.63) is 24.1 Å². The molecule has 0 aliphatic carbocycles. The van der Waals surface area contributed by atoms with Gasteiger partial charge in [0.15, 0.2) is 11.5 Å². The van der Waals surface area contributed by atoms with E-state index in [4.69, 9.17) is 9.52 Å². The number of anilines is 1. The van der Waals surface area contributed by atoms with Crippen LogP contribution in [-0.4, -0.2) is 28.6 Å². The summed E-state index contributed by atoms with van der Waals surface area (Å²) in [5.74, 6) is -0.187. The molecule has 0 radical (unpaired) electrons. The molecule has 5 heteroatoms. The van der Waals surface area contributed by atoms with Crippen LogP contribution in [0.2, 0.25) is 0 Å². The van der Waals surface area contributed by atoms with Crippen LogP contribution in [-0.2, 0) is 4.79 Å². The highest BCUT2D eigenvalue weighted by Crippen LogP contribution is 2.28. The van der Waals surface area contributed by atoms with Gasteiger partial charge in [0, 0.05) is 31.3 Å². The molecule has 1 N–H and O–H groups in total. The number of hydrogen-bond acceptors (Lipinski definition) is 4. The van der Waals surface area contributed by atoms with E-state index in [1.165, 1.54) is 0 Å². The fraction of sp³-hybridized carbons (Fsp3) is 0.429. The van der Waals surface area contributed by atoms with E-state index in [9.17, 15) is 4.79 Å². The van der Waals surface area contributed by atoms with Crippen molar-refractivity contribution in [2.45, 2.75) is 32.7 Å². The van der Waals surface area contributed by atoms with Crippen molar-refractivity contribution in [1.82, 2.24) is 4.98 Å². The molecule has 0 aliphatic rings. The summed E-state index contributed by atoms with van der Waals surface area (Å²) in [4.78, 5) is 17.1. The molecule has 1 heterocycles. The molecule has 2 aromatic rings. The number of nitrogens with zero attached hydrogens (tertiary/aromatic N) is 2. The van der Waals surface area contributed by atoms with Crippen LogP contribution in [0.25, 0.3) is 11.1 Å². The lowest BCUT2D eigenvalue weighted by atomic mass is 9.98. The Morgan fingerprint density at radius 3 is 2.79 bits per heavy atom. The first-order valence-corrected chi connectivity index (χ1v) is 6.12. The summed E-state index contributed by atoms with van der Waals surface area (Å²) in [6.45, 7) is 5.60. The Balaban J connectivity index is 2.34. The summed E-state index contributed by atoms with van der Waals surface area (Å²) in [5, 5.41) is 8.96. The van der Waals surface area contributed by atoms with Crippen LogP contribution in [0.5, 0.6) is 0 Å². The number of oxazole rings is 1. The van der Waals surface area contributed by atoms with E-state index < -0.39 is 11.5 Å². The molecule has 0 spiro atoms. The van der Waals surface area contributed by atoms with Crippen LogP contribution in [0.15, 0.2) is 22.6 Å². The first-order chi connectivity index (χ1) is 8.79. The molecule has 0 aliphatic heterocycles. The standard InChI is InChI=1S/C14H18N2O3/c1-9-15-11-6-5-10(7-12(11)19-9)16(4)14(2,3)8-13(17)18/h5-7H,8H2,1-4H3,(H,17,18). The predicted octanol–water partition coefficient (Wildman–Crippen LogP) is 2.83. The van der Waals surface area contributed by atoms with Gasteiger partial charge in [0.25, 0.3) is 0 Å². The molecule has 2 rings (SSSR count). The summed E-state index contributed by atoms with van der Waals surface area (Å²) in [7, 11) is 1.88. The zero-order chi connectivity index (χ0) is 14.2. The van der Waals surface area contributed by atoms with Crippen LogP contribution < -0.4 is 4.90 Å². The average molecular weight is 262 g/mol. The SMILES string of the molecule is Cc1nc2ccc(N(C)C(C)(C)CC(=O)O)cc2o1. The van der Waals surface area contributed by atoms with E-state index in [1.807, 2.05) is 44.0 Å². The first kappa shape index (κ1) is 13.4. The largest absolute Gasteiger partial charge is 0.481 e. The van der Waals surface area contributed by atoms with Gasteiger partial charge in [-0.25, -0.2) is 4.98 Å². The number of fused-ring (bicyclic) bond motifs is 1. The van der Waals surface area contributed by atoms with Crippen molar-refractivity contribution >= 4 is 22.8 Å². The van der Waals surface area contributed by atoms with Gasteiger partial charge in [-0.15, -0.1) is 0 Å². The normalized spacial score (nSPS) is 11.8. The van der Waals surface area contributed by atoms with Crippen LogP contribution in [0.1, 0.15) is 26.2 Å². The molecule has 0 amide bonds. The van der Waals surface area contributed by atoms with Crippen LogP contribution in [0, 0.1) is 6.92 Å². The number of aliphatic carboxylic acids is 1. The van der Waals surface area contributed by atoms with Gasteiger partial charge in [-0.3, -0.25) is 4.79 Å². The smallest absolute Gasteiger partial charge is 0.305 e. The highest BCUT2D eigenvalue weighted by molar-refractivity contribution is 5.78. The Bertz CT molecular complexity index is 616. The van der Waals surface area contributed by atoms with Crippen molar-refractivity contribution in [3.8, 4) is 0 Å². The number of aromatic nitrogens is 1. The van der Waals surface area contributed by atoms with E-state index in [2.05, 4.69) is 4.98 Å². The van der Waals surface area contributed by atoms with E-state index in [-0.39, 0.29) is 6.42 Å². The minimum Gasteiger partial charge on any atom is -0.481 e. The maximum Gasteiger partial charge on any atom is 0.305 e. The Labute approximate surface area is 111 Å². The van der Waals surface area contributed by atoms with Gasteiger partial charge >= 0.3 is 5.97 Å². The first-order valence-electron chi connectivity index (χ1n) is 6.12. The molecule has 0 fully saturated rings. The van der Waals surface area contributed by atoms with Crippen LogP contribution >= 0.6 is 0 Å². The fourth-order valence-electron chi connectivity index (χ4n) is 2.08. The number of carboxylic acids is 1. The Hall–Kier alpha value is -2.04. The minimum absolute atomic E-state index is 0.0664. The Kier molecular flexibility index (Phi) is 3.22. The summed E-state index contributed by atoms with van der Waals surface area (Å²) < 4.78 is 5.50. The van der Waals surface area contributed by atoms with Gasteiger partial charge < -0.3 is 14.4 Å². The molecule has 102 valence electrons. The maximum atomic E-state index is 10.9. The van der Waals surface area contributed by atoms with E-state index in [1.54, 1.807) is 6.92 Å². The topological polar surface area (TPSA) is 66.6 Å². The molecular weight excluding hydrogens is 244 g/mol. The second-order valence-electron chi connectivity index (χ2n) is 5.33. The molecule has 5 nitrogen and oxygen atoms in total. The lowest BCUT2D eigenvalue weighted by molar-refractivity contribution is -0.138. The molecular formula is C14H18N2O3. The molecule has 0 saturated heterocycles. The van der Waals surface area contributed by atoms with E-state index >= 15 is 0 Å². The molecule has 1 aromatic carbocycles. The summed E-state index contributed by atoms with van der Waals surface area (Å²) in [6, 6.07) is 5.70. The lowest BCUT2D eigenvalue weighted by Crippen LogP contribution is -2.43. The third-order valence-corrected chi connectivity index (χ3v) is 3.36. The molecule has 0 atom stereocenters. The Morgan fingerprint density at radius 2 is 2.16 bits per heavy atom. The number of rotatable bonds is 4. The van der Waals surface area contributed by atoms with Crippen molar-refractivity contribution < 1.29 is 14.3 Å². The second-order valence-corrected chi connectivity index (χ2v) is 5.33. The lowest BCUT2D eigenvalue weighted by Gasteiger charge is -2.36. The summed E-state index contributed by atoms with van der Waals surface area (Å²) in [5.41, 5.74) is 1.96. The highest BCUT2D eigenvalue weighted by Gasteiger charge is 2.27. The van der Waals surface area contributed by atoms with E-state index in [0.717, 1.165) is 11.2 Å². The fourth-order valence-corrected chi connectivity index (χ4v) is 2.08. The van der Waals surface area contributed by atoms with Crippen molar-refractivity contribution in [2.24, 2.45) is 0 Å². The predicted molar refractivity (Wildman–Crippen MR) is 73.5 cm³/mol. The number of aryl methyl sites for hydroxylation is 1. The molecule has 0 bridgehead atoms. The summed E-state index contributed by atoms with van der Waals surface area (Å²) >= 11 is 0. The highest BCUT2D eigenvalue weighted by atomic mass is 16.4. The van der Waals surface area contributed by atoms with Crippen molar-refractivity contribution in [1.29, 1.82) is 0 Å². The average Bonchev–Trinajstić information content (AvgIpc) is 2.65. The zero-order valence-electron chi connectivity index (χ0n) is 11.6. The third-order valence-electron chi connectivity index (χ3n) is 3.36.